The van der Waals surface area contributed by atoms with Crippen molar-refractivity contribution in [1.29, 1.82) is 0 Å². The lowest BCUT2D eigenvalue weighted by Crippen LogP contribution is -2.33. The molecule has 4 heteroatoms. The quantitative estimate of drug-likeness (QED) is 0.760. The number of benzene rings is 1. The van der Waals surface area contributed by atoms with Crippen molar-refractivity contribution in [3.05, 3.63) is 48.6 Å². The average Bonchev–Trinajstić information content (AvgIpc) is 2.65. The zero-order chi connectivity index (χ0) is 12.3. The molecule has 0 bridgehead atoms. The van der Waals surface area contributed by atoms with Gasteiger partial charge in [-0.25, -0.2) is 0 Å². The van der Waals surface area contributed by atoms with Crippen LogP contribution < -0.4 is 0 Å². The Hall–Kier alpha value is -1.20. The molecular formula is C13H16O4. The van der Waals surface area contributed by atoms with Crippen LogP contribution in [0.4, 0.5) is 0 Å². The van der Waals surface area contributed by atoms with E-state index >= 15 is 0 Å². The monoisotopic (exact) mass is 236 g/mol. The second-order valence-corrected chi connectivity index (χ2v) is 3.98. The predicted molar refractivity (Wildman–Crippen MR) is 62.1 cm³/mol. The second-order valence-electron chi connectivity index (χ2n) is 3.98. The smallest absolute Gasteiger partial charge is 0.187 e. The van der Waals surface area contributed by atoms with Crippen LogP contribution in [0.5, 0.6) is 0 Å². The summed E-state index contributed by atoms with van der Waals surface area (Å²) in [5.41, 5.74) is 0.986. The number of rotatable bonds is 4. The van der Waals surface area contributed by atoms with Crippen LogP contribution in [-0.2, 0) is 16.1 Å². The fourth-order valence-electron chi connectivity index (χ4n) is 1.76. The summed E-state index contributed by atoms with van der Waals surface area (Å²) in [5.74, 6) is 0. The van der Waals surface area contributed by atoms with Gasteiger partial charge in [-0.1, -0.05) is 36.4 Å². The fraction of sp³-hybridized carbons (Fsp3) is 0.385. The van der Waals surface area contributed by atoms with Crippen LogP contribution >= 0.6 is 0 Å². The standard InChI is InChI=1S/C13H16O4/c1-2-10-11(14)12(15)13(17-10)16-8-9-6-4-3-5-7-9/h2-7,10-15H,1,8H2/t10-,11+,12+,13+/m1/s1. The van der Waals surface area contributed by atoms with E-state index in [4.69, 9.17) is 9.47 Å². The molecule has 4 atom stereocenters. The van der Waals surface area contributed by atoms with Crippen LogP contribution in [0.1, 0.15) is 5.56 Å². The van der Waals surface area contributed by atoms with E-state index in [2.05, 4.69) is 6.58 Å². The van der Waals surface area contributed by atoms with E-state index in [0.717, 1.165) is 5.56 Å². The maximum Gasteiger partial charge on any atom is 0.187 e. The topological polar surface area (TPSA) is 58.9 Å². The number of ether oxygens (including phenoxy) is 2. The van der Waals surface area contributed by atoms with Crippen molar-refractivity contribution >= 4 is 0 Å². The summed E-state index contributed by atoms with van der Waals surface area (Å²) in [4.78, 5) is 0. The van der Waals surface area contributed by atoms with Crippen molar-refractivity contribution in [3.63, 3.8) is 0 Å². The Morgan fingerprint density at radius 3 is 2.53 bits per heavy atom. The van der Waals surface area contributed by atoms with Gasteiger partial charge in [-0.15, -0.1) is 6.58 Å². The Labute approximate surface area is 100 Å². The van der Waals surface area contributed by atoms with E-state index in [0.29, 0.717) is 6.61 Å². The first-order chi connectivity index (χ1) is 8.22. The first kappa shape index (κ1) is 12.3. The van der Waals surface area contributed by atoms with Gasteiger partial charge >= 0.3 is 0 Å². The molecule has 1 aliphatic rings. The van der Waals surface area contributed by atoms with Crippen molar-refractivity contribution in [2.24, 2.45) is 0 Å². The van der Waals surface area contributed by atoms with Gasteiger partial charge in [0.1, 0.15) is 18.3 Å². The molecule has 0 unspecified atom stereocenters. The molecular weight excluding hydrogens is 220 g/mol. The van der Waals surface area contributed by atoms with Gasteiger partial charge in [0.25, 0.3) is 0 Å². The van der Waals surface area contributed by atoms with Crippen LogP contribution in [0.3, 0.4) is 0 Å². The highest BCUT2D eigenvalue weighted by Gasteiger charge is 2.41. The summed E-state index contributed by atoms with van der Waals surface area (Å²) >= 11 is 0. The zero-order valence-corrected chi connectivity index (χ0v) is 9.40. The largest absolute Gasteiger partial charge is 0.387 e. The lowest BCUT2D eigenvalue weighted by atomic mass is 10.1. The molecule has 0 spiro atoms. The van der Waals surface area contributed by atoms with Crippen LogP contribution in [0.25, 0.3) is 0 Å². The molecule has 4 nitrogen and oxygen atoms in total. The molecule has 17 heavy (non-hydrogen) atoms. The summed E-state index contributed by atoms with van der Waals surface area (Å²) in [6, 6.07) is 9.57. The molecule has 1 aromatic carbocycles. The van der Waals surface area contributed by atoms with Crippen LogP contribution in [-0.4, -0.2) is 34.8 Å². The van der Waals surface area contributed by atoms with Crippen molar-refractivity contribution in [2.75, 3.05) is 0 Å². The second kappa shape index (κ2) is 5.42. The molecule has 1 aliphatic heterocycles. The Kier molecular flexibility index (Phi) is 3.91. The highest BCUT2D eigenvalue weighted by Crippen LogP contribution is 2.23. The van der Waals surface area contributed by atoms with Gasteiger partial charge in [0, 0.05) is 0 Å². The van der Waals surface area contributed by atoms with Crippen molar-refractivity contribution < 1.29 is 19.7 Å². The van der Waals surface area contributed by atoms with E-state index in [1.165, 1.54) is 6.08 Å². The molecule has 1 aromatic rings. The summed E-state index contributed by atoms with van der Waals surface area (Å²) in [6.45, 7) is 3.86. The number of hydrogen-bond acceptors (Lipinski definition) is 4. The van der Waals surface area contributed by atoms with Gasteiger partial charge in [-0.2, -0.15) is 0 Å². The first-order valence-electron chi connectivity index (χ1n) is 5.52. The molecule has 0 aromatic heterocycles. The molecule has 2 rings (SSSR count). The maximum absolute atomic E-state index is 9.69. The SMILES string of the molecule is C=C[C@H]1O[C@H](OCc2ccccc2)[C@@H](O)[C@H]1O. The summed E-state index contributed by atoms with van der Waals surface area (Å²) in [5, 5.41) is 19.3. The van der Waals surface area contributed by atoms with Gasteiger partial charge in [0.05, 0.1) is 6.61 Å². The minimum atomic E-state index is -1.04. The Balaban J connectivity index is 1.90. The van der Waals surface area contributed by atoms with Crippen LogP contribution in [0.2, 0.25) is 0 Å². The van der Waals surface area contributed by atoms with E-state index < -0.39 is 24.6 Å². The molecule has 1 fully saturated rings. The highest BCUT2D eigenvalue weighted by atomic mass is 16.7. The zero-order valence-electron chi connectivity index (χ0n) is 9.40. The lowest BCUT2D eigenvalue weighted by Gasteiger charge is -2.15. The minimum absolute atomic E-state index is 0.332. The fourth-order valence-corrected chi connectivity index (χ4v) is 1.76. The lowest BCUT2D eigenvalue weighted by molar-refractivity contribution is -0.166. The summed E-state index contributed by atoms with van der Waals surface area (Å²) < 4.78 is 10.7. The molecule has 0 saturated carbocycles. The Morgan fingerprint density at radius 2 is 1.94 bits per heavy atom. The van der Waals surface area contributed by atoms with E-state index in [-0.39, 0.29) is 0 Å². The number of aliphatic hydroxyl groups is 2. The highest BCUT2D eigenvalue weighted by molar-refractivity contribution is 5.13. The first-order valence-corrected chi connectivity index (χ1v) is 5.52. The molecule has 1 heterocycles. The van der Waals surface area contributed by atoms with Gasteiger partial charge in [-0.05, 0) is 5.56 Å². The van der Waals surface area contributed by atoms with E-state index in [1.54, 1.807) is 0 Å². The minimum Gasteiger partial charge on any atom is -0.387 e. The van der Waals surface area contributed by atoms with Crippen molar-refractivity contribution in [2.45, 2.75) is 31.2 Å². The number of hydrogen-bond donors (Lipinski definition) is 2. The molecule has 0 radical (unpaired) electrons. The number of aliphatic hydroxyl groups excluding tert-OH is 2. The van der Waals surface area contributed by atoms with Gasteiger partial charge in [0.2, 0.25) is 0 Å². The Bertz CT molecular complexity index is 365. The third kappa shape index (κ3) is 2.73. The van der Waals surface area contributed by atoms with Crippen LogP contribution in [0, 0.1) is 0 Å². The average molecular weight is 236 g/mol. The van der Waals surface area contributed by atoms with Crippen molar-refractivity contribution in [3.8, 4) is 0 Å². The molecule has 1 saturated heterocycles. The summed E-state index contributed by atoms with van der Waals surface area (Å²) in [7, 11) is 0. The molecule has 0 aliphatic carbocycles. The summed E-state index contributed by atoms with van der Waals surface area (Å²) in [6.07, 6.45) is -1.95. The van der Waals surface area contributed by atoms with Crippen molar-refractivity contribution in [1.82, 2.24) is 0 Å². The van der Waals surface area contributed by atoms with Gasteiger partial charge in [0.15, 0.2) is 6.29 Å². The van der Waals surface area contributed by atoms with E-state index in [1.807, 2.05) is 30.3 Å². The maximum atomic E-state index is 9.69. The molecule has 0 amide bonds. The van der Waals surface area contributed by atoms with Crippen LogP contribution in [0.15, 0.2) is 43.0 Å². The van der Waals surface area contributed by atoms with Gasteiger partial charge in [-0.3, -0.25) is 0 Å². The third-order valence-electron chi connectivity index (χ3n) is 2.75. The third-order valence-corrected chi connectivity index (χ3v) is 2.75. The van der Waals surface area contributed by atoms with Gasteiger partial charge < -0.3 is 19.7 Å². The predicted octanol–water partition coefficient (Wildman–Crippen LogP) is 0.836. The molecule has 92 valence electrons. The Morgan fingerprint density at radius 1 is 1.24 bits per heavy atom. The van der Waals surface area contributed by atoms with E-state index in [9.17, 15) is 10.2 Å². The molecule has 2 N–H and O–H groups in total. The normalized spacial score (nSPS) is 32.6.